The van der Waals surface area contributed by atoms with Crippen molar-refractivity contribution >= 4 is 15.9 Å². The average Bonchev–Trinajstić information content (AvgIpc) is 2.78. The third-order valence-electron chi connectivity index (χ3n) is 3.77. The van der Waals surface area contributed by atoms with E-state index in [9.17, 15) is 8.78 Å². The Morgan fingerprint density at radius 2 is 2.11 bits per heavy atom. The van der Waals surface area contributed by atoms with Gasteiger partial charge >= 0.3 is 0 Å². The fraction of sp³-hybridized carbons (Fsp3) is 0.571. The molecule has 0 N–H and O–H groups in total. The Bertz CT molecular complexity index is 434. The van der Waals surface area contributed by atoms with Gasteiger partial charge in [-0.15, -0.1) is 0 Å². The second kappa shape index (κ2) is 5.66. The number of hydrogen-bond donors (Lipinski definition) is 0. The average molecular weight is 318 g/mol. The summed E-state index contributed by atoms with van der Waals surface area (Å²) in [5.74, 6) is 0.349. The monoisotopic (exact) mass is 317 g/mol. The van der Waals surface area contributed by atoms with Gasteiger partial charge in [0, 0.05) is 18.7 Å². The van der Waals surface area contributed by atoms with Gasteiger partial charge in [-0.2, -0.15) is 0 Å². The number of likely N-dealkylation sites (tertiary alicyclic amines) is 1. The van der Waals surface area contributed by atoms with E-state index in [1.807, 2.05) is 0 Å². The Balaban J connectivity index is 2.09. The van der Waals surface area contributed by atoms with Gasteiger partial charge in [0.25, 0.3) is 0 Å². The van der Waals surface area contributed by atoms with Gasteiger partial charge in [-0.1, -0.05) is 13.8 Å². The molecular formula is C14H18BrF2N. The molecule has 0 spiro atoms. The Hall–Kier alpha value is -0.480. The molecule has 1 aromatic carbocycles. The molecule has 2 rings (SSSR count). The van der Waals surface area contributed by atoms with Gasteiger partial charge in [-0.25, -0.2) is 8.78 Å². The molecule has 0 bridgehead atoms. The summed E-state index contributed by atoms with van der Waals surface area (Å²) < 4.78 is 27.8. The topological polar surface area (TPSA) is 3.24 Å². The molecule has 1 aliphatic rings. The largest absolute Gasteiger partial charge is 0.299 e. The van der Waals surface area contributed by atoms with E-state index in [1.54, 1.807) is 0 Å². The summed E-state index contributed by atoms with van der Waals surface area (Å²) in [6.45, 7) is 6.63. The van der Waals surface area contributed by atoms with E-state index < -0.39 is 11.6 Å². The third kappa shape index (κ3) is 2.91. The standard InChI is InChI=1S/C14H18BrF2N/c1-9(2)10-5-6-18(7-10)8-11-13(16)4-3-12(15)14(11)17/h3-4,9-10H,5-8H2,1-2H3. The molecule has 0 saturated carbocycles. The van der Waals surface area contributed by atoms with Crippen molar-refractivity contribution in [2.24, 2.45) is 11.8 Å². The van der Waals surface area contributed by atoms with Crippen molar-refractivity contribution < 1.29 is 8.78 Å². The Kier molecular flexibility index (Phi) is 4.38. The van der Waals surface area contributed by atoms with Crippen molar-refractivity contribution in [2.75, 3.05) is 13.1 Å². The van der Waals surface area contributed by atoms with E-state index >= 15 is 0 Å². The summed E-state index contributed by atoms with van der Waals surface area (Å²) in [5, 5.41) is 0. The fourth-order valence-corrected chi connectivity index (χ4v) is 2.86. The number of hydrogen-bond acceptors (Lipinski definition) is 1. The summed E-state index contributed by atoms with van der Waals surface area (Å²) in [6, 6.07) is 2.73. The zero-order valence-corrected chi connectivity index (χ0v) is 12.3. The van der Waals surface area contributed by atoms with Crippen LogP contribution >= 0.6 is 15.9 Å². The second-order valence-electron chi connectivity index (χ2n) is 5.35. The summed E-state index contributed by atoms with van der Waals surface area (Å²) >= 11 is 3.10. The van der Waals surface area contributed by atoms with Crippen molar-refractivity contribution in [1.29, 1.82) is 0 Å². The summed E-state index contributed by atoms with van der Waals surface area (Å²) in [5.41, 5.74) is 0.175. The van der Waals surface area contributed by atoms with Crippen molar-refractivity contribution in [3.05, 3.63) is 33.8 Å². The van der Waals surface area contributed by atoms with Crippen LogP contribution in [0, 0.1) is 23.5 Å². The zero-order chi connectivity index (χ0) is 13.3. The van der Waals surface area contributed by atoms with E-state index in [0.29, 0.717) is 22.9 Å². The highest BCUT2D eigenvalue weighted by Gasteiger charge is 2.26. The Morgan fingerprint density at radius 1 is 1.39 bits per heavy atom. The van der Waals surface area contributed by atoms with Crippen LogP contribution in [-0.2, 0) is 6.54 Å². The fourth-order valence-electron chi connectivity index (χ4n) is 2.49. The van der Waals surface area contributed by atoms with Gasteiger partial charge in [0.15, 0.2) is 0 Å². The first-order valence-electron chi connectivity index (χ1n) is 6.33. The van der Waals surface area contributed by atoms with Gasteiger partial charge < -0.3 is 0 Å². The van der Waals surface area contributed by atoms with Gasteiger partial charge in [-0.3, -0.25) is 4.90 Å². The number of halogens is 3. The molecule has 1 fully saturated rings. The lowest BCUT2D eigenvalue weighted by Crippen LogP contribution is -2.22. The molecule has 0 aromatic heterocycles. The maximum Gasteiger partial charge on any atom is 0.144 e. The van der Waals surface area contributed by atoms with Crippen LogP contribution in [0.1, 0.15) is 25.8 Å². The Labute approximate surface area is 115 Å². The van der Waals surface area contributed by atoms with Crippen LogP contribution < -0.4 is 0 Å². The number of benzene rings is 1. The summed E-state index contributed by atoms with van der Waals surface area (Å²) in [4.78, 5) is 2.14. The van der Waals surface area contributed by atoms with Crippen molar-refractivity contribution in [2.45, 2.75) is 26.8 Å². The number of rotatable bonds is 3. The second-order valence-corrected chi connectivity index (χ2v) is 6.20. The molecule has 1 aliphatic heterocycles. The SMILES string of the molecule is CC(C)C1CCN(Cc2c(F)ccc(Br)c2F)C1. The van der Waals surface area contributed by atoms with Crippen LogP contribution in [0.5, 0.6) is 0 Å². The van der Waals surface area contributed by atoms with Crippen molar-refractivity contribution in [1.82, 2.24) is 4.90 Å². The molecule has 1 unspecified atom stereocenters. The van der Waals surface area contributed by atoms with Crippen LogP contribution in [0.25, 0.3) is 0 Å². The molecule has 0 aliphatic carbocycles. The van der Waals surface area contributed by atoms with Crippen LogP contribution in [0.15, 0.2) is 16.6 Å². The summed E-state index contributed by atoms with van der Waals surface area (Å²) in [6.07, 6.45) is 1.12. The minimum absolute atomic E-state index is 0.175. The highest BCUT2D eigenvalue weighted by Crippen LogP contribution is 2.28. The first-order valence-corrected chi connectivity index (χ1v) is 7.13. The highest BCUT2D eigenvalue weighted by molar-refractivity contribution is 9.10. The first-order chi connectivity index (χ1) is 8.49. The molecule has 4 heteroatoms. The highest BCUT2D eigenvalue weighted by atomic mass is 79.9. The maximum absolute atomic E-state index is 13.9. The predicted molar refractivity (Wildman–Crippen MR) is 72.3 cm³/mol. The van der Waals surface area contributed by atoms with Crippen molar-refractivity contribution in [3.63, 3.8) is 0 Å². The van der Waals surface area contributed by atoms with E-state index in [2.05, 4.69) is 34.7 Å². The third-order valence-corrected chi connectivity index (χ3v) is 4.38. The lowest BCUT2D eigenvalue weighted by atomic mass is 9.95. The van der Waals surface area contributed by atoms with Gasteiger partial charge in [0.2, 0.25) is 0 Å². The lowest BCUT2D eigenvalue weighted by Gasteiger charge is -2.18. The smallest absolute Gasteiger partial charge is 0.144 e. The first kappa shape index (κ1) is 13.9. The van der Waals surface area contributed by atoms with E-state index in [0.717, 1.165) is 19.5 Å². The van der Waals surface area contributed by atoms with Gasteiger partial charge in [0.1, 0.15) is 11.6 Å². The quantitative estimate of drug-likeness (QED) is 0.755. The van der Waals surface area contributed by atoms with Gasteiger partial charge in [-0.05, 0) is 52.9 Å². The predicted octanol–water partition coefficient (Wildman–Crippen LogP) is 4.21. The van der Waals surface area contributed by atoms with Crippen LogP contribution in [0.4, 0.5) is 8.78 Å². The minimum Gasteiger partial charge on any atom is -0.299 e. The van der Waals surface area contributed by atoms with Crippen LogP contribution in [-0.4, -0.2) is 18.0 Å². The van der Waals surface area contributed by atoms with Crippen LogP contribution in [0.2, 0.25) is 0 Å². The van der Waals surface area contributed by atoms with Gasteiger partial charge in [0.05, 0.1) is 4.47 Å². The molecule has 1 heterocycles. The van der Waals surface area contributed by atoms with E-state index in [1.165, 1.54) is 12.1 Å². The molecule has 1 atom stereocenters. The molecule has 100 valence electrons. The molecule has 1 nitrogen and oxygen atoms in total. The molecule has 1 saturated heterocycles. The van der Waals surface area contributed by atoms with E-state index in [-0.39, 0.29) is 5.56 Å². The molecule has 18 heavy (non-hydrogen) atoms. The molecule has 0 radical (unpaired) electrons. The molecule has 1 aromatic rings. The normalized spacial score (nSPS) is 20.9. The van der Waals surface area contributed by atoms with Crippen LogP contribution in [0.3, 0.4) is 0 Å². The zero-order valence-electron chi connectivity index (χ0n) is 10.7. The number of nitrogens with zero attached hydrogens (tertiary/aromatic N) is 1. The Morgan fingerprint density at radius 3 is 2.72 bits per heavy atom. The van der Waals surface area contributed by atoms with E-state index in [4.69, 9.17) is 0 Å². The molecule has 0 amide bonds. The molecular weight excluding hydrogens is 300 g/mol. The van der Waals surface area contributed by atoms with Crippen molar-refractivity contribution in [3.8, 4) is 0 Å². The maximum atomic E-state index is 13.9. The summed E-state index contributed by atoms with van der Waals surface area (Å²) in [7, 11) is 0. The lowest BCUT2D eigenvalue weighted by molar-refractivity contribution is 0.288. The minimum atomic E-state index is -0.469.